The van der Waals surface area contributed by atoms with Crippen LogP contribution in [0.25, 0.3) is 0 Å². The molecule has 0 aliphatic rings. The van der Waals surface area contributed by atoms with Crippen molar-refractivity contribution in [3.05, 3.63) is 0 Å². The average Bonchev–Trinajstić information content (AvgIpc) is 2.28. The van der Waals surface area contributed by atoms with Crippen LogP contribution in [0, 0.1) is 5.92 Å². The normalized spacial score (nSPS) is 10.8. The van der Waals surface area contributed by atoms with Crippen molar-refractivity contribution < 1.29 is 4.79 Å². The summed E-state index contributed by atoms with van der Waals surface area (Å²) in [6.07, 6.45) is 8.77. The van der Waals surface area contributed by atoms with E-state index < -0.39 is 0 Å². The lowest BCUT2D eigenvalue weighted by Crippen LogP contribution is -2.24. The summed E-state index contributed by atoms with van der Waals surface area (Å²) in [6.45, 7) is 6.05. The fourth-order valence-corrected chi connectivity index (χ4v) is 1.78. The van der Waals surface area contributed by atoms with Gasteiger partial charge in [0.15, 0.2) is 0 Å². The Morgan fingerprint density at radius 2 is 1.76 bits per heavy atom. The average molecular weight is 242 g/mol. The molecule has 0 bridgehead atoms. The molecule has 102 valence electrons. The van der Waals surface area contributed by atoms with Gasteiger partial charge in [-0.3, -0.25) is 4.79 Å². The van der Waals surface area contributed by atoms with Crippen LogP contribution >= 0.6 is 0 Å². The van der Waals surface area contributed by atoms with Gasteiger partial charge in [0.05, 0.1) is 0 Å². The van der Waals surface area contributed by atoms with Crippen molar-refractivity contribution in [1.29, 1.82) is 0 Å². The number of nitrogens with one attached hydrogen (secondary N) is 1. The largest absolute Gasteiger partial charge is 0.356 e. The zero-order valence-electron chi connectivity index (χ0n) is 11.6. The van der Waals surface area contributed by atoms with Crippen LogP contribution in [0.1, 0.15) is 65.2 Å². The van der Waals surface area contributed by atoms with E-state index in [0.717, 1.165) is 31.7 Å². The summed E-state index contributed by atoms with van der Waals surface area (Å²) >= 11 is 0. The highest BCUT2D eigenvalue weighted by Crippen LogP contribution is 2.08. The molecule has 0 spiro atoms. The van der Waals surface area contributed by atoms with E-state index in [4.69, 9.17) is 5.73 Å². The molecule has 1 amide bonds. The third-order valence-electron chi connectivity index (χ3n) is 2.89. The van der Waals surface area contributed by atoms with Gasteiger partial charge in [0, 0.05) is 13.0 Å². The van der Waals surface area contributed by atoms with Gasteiger partial charge in [-0.1, -0.05) is 39.5 Å². The summed E-state index contributed by atoms with van der Waals surface area (Å²) < 4.78 is 0. The molecule has 3 N–H and O–H groups in total. The van der Waals surface area contributed by atoms with E-state index in [0.29, 0.717) is 13.0 Å². The standard InChI is InChI=1S/C14H30N2O/c1-13(2)9-5-3-4-8-12-16-14(17)10-6-7-11-15/h13H,3-12,15H2,1-2H3,(H,16,17). The van der Waals surface area contributed by atoms with Crippen molar-refractivity contribution in [3.8, 4) is 0 Å². The number of amides is 1. The van der Waals surface area contributed by atoms with E-state index in [2.05, 4.69) is 19.2 Å². The number of rotatable bonds is 11. The monoisotopic (exact) mass is 242 g/mol. The second-order valence-corrected chi connectivity index (χ2v) is 5.19. The summed E-state index contributed by atoms with van der Waals surface area (Å²) in [5.74, 6) is 0.998. The zero-order chi connectivity index (χ0) is 12.9. The van der Waals surface area contributed by atoms with Crippen LogP contribution in [0.3, 0.4) is 0 Å². The Labute approximate surface area is 107 Å². The summed E-state index contributed by atoms with van der Waals surface area (Å²) in [6, 6.07) is 0. The smallest absolute Gasteiger partial charge is 0.219 e. The predicted molar refractivity (Wildman–Crippen MR) is 73.8 cm³/mol. The van der Waals surface area contributed by atoms with E-state index in [9.17, 15) is 4.79 Å². The first-order valence-electron chi connectivity index (χ1n) is 7.13. The Morgan fingerprint density at radius 3 is 2.41 bits per heavy atom. The van der Waals surface area contributed by atoms with Gasteiger partial charge >= 0.3 is 0 Å². The van der Waals surface area contributed by atoms with Crippen molar-refractivity contribution in [2.24, 2.45) is 11.7 Å². The van der Waals surface area contributed by atoms with Crippen molar-refractivity contribution in [1.82, 2.24) is 5.32 Å². The maximum Gasteiger partial charge on any atom is 0.219 e. The van der Waals surface area contributed by atoms with Crippen molar-refractivity contribution >= 4 is 5.91 Å². The van der Waals surface area contributed by atoms with E-state index >= 15 is 0 Å². The van der Waals surface area contributed by atoms with Crippen LogP contribution in [0.2, 0.25) is 0 Å². The molecule has 0 aromatic carbocycles. The fraction of sp³-hybridized carbons (Fsp3) is 0.929. The van der Waals surface area contributed by atoms with E-state index in [1.165, 1.54) is 25.7 Å². The molecule has 0 radical (unpaired) electrons. The molecule has 0 aromatic rings. The second kappa shape index (κ2) is 11.9. The summed E-state index contributed by atoms with van der Waals surface area (Å²) in [4.78, 5) is 11.3. The maximum absolute atomic E-state index is 11.3. The molecule has 3 heteroatoms. The fourth-order valence-electron chi connectivity index (χ4n) is 1.78. The number of carbonyl (C=O) groups is 1. The van der Waals surface area contributed by atoms with Crippen LogP contribution in [0.15, 0.2) is 0 Å². The van der Waals surface area contributed by atoms with Gasteiger partial charge in [0.1, 0.15) is 0 Å². The number of carbonyl (C=O) groups excluding carboxylic acids is 1. The Morgan fingerprint density at radius 1 is 1.06 bits per heavy atom. The minimum atomic E-state index is 0.181. The van der Waals surface area contributed by atoms with Gasteiger partial charge in [0.25, 0.3) is 0 Å². The SMILES string of the molecule is CC(C)CCCCCCNC(=O)CCCCN. The molecule has 0 aromatic heterocycles. The molecule has 0 heterocycles. The third kappa shape index (κ3) is 13.4. The van der Waals surface area contributed by atoms with E-state index in [-0.39, 0.29) is 5.91 Å². The highest BCUT2D eigenvalue weighted by atomic mass is 16.1. The van der Waals surface area contributed by atoms with Gasteiger partial charge in [-0.15, -0.1) is 0 Å². The van der Waals surface area contributed by atoms with Crippen molar-refractivity contribution in [2.45, 2.75) is 65.2 Å². The minimum Gasteiger partial charge on any atom is -0.356 e. The van der Waals surface area contributed by atoms with Crippen molar-refractivity contribution in [2.75, 3.05) is 13.1 Å². The Bertz CT molecular complexity index is 181. The first-order chi connectivity index (χ1) is 8.16. The van der Waals surface area contributed by atoms with Gasteiger partial charge in [-0.25, -0.2) is 0 Å². The molecule has 0 aliphatic heterocycles. The molecule has 0 fully saturated rings. The van der Waals surface area contributed by atoms with Gasteiger partial charge in [-0.05, 0) is 31.7 Å². The Balaban J connectivity index is 3.14. The molecule has 0 aliphatic carbocycles. The maximum atomic E-state index is 11.3. The van der Waals surface area contributed by atoms with Crippen LogP contribution in [-0.2, 0) is 4.79 Å². The van der Waals surface area contributed by atoms with Crippen LogP contribution in [-0.4, -0.2) is 19.0 Å². The lowest BCUT2D eigenvalue weighted by molar-refractivity contribution is -0.121. The molecule has 0 saturated heterocycles. The van der Waals surface area contributed by atoms with E-state index in [1.807, 2.05) is 0 Å². The lowest BCUT2D eigenvalue weighted by Gasteiger charge is -2.06. The molecule has 0 atom stereocenters. The third-order valence-corrected chi connectivity index (χ3v) is 2.89. The number of hydrogen-bond acceptors (Lipinski definition) is 2. The lowest BCUT2D eigenvalue weighted by atomic mass is 10.0. The summed E-state index contributed by atoms with van der Waals surface area (Å²) in [5.41, 5.74) is 5.37. The van der Waals surface area contributed by atoms with Crippen LogP contribution in [0.4, 0.5) is 0 Å². The Hall–Kier alpha value is -0.570. The molecular formula is C14H30N2O. The molecular weight excluding hydrogens is 212 g/mol. The van der Waals surface area contributed by atoms with Crippen LogP contribution in [0.5, 0.6) is 0 Å². The molecule has 0 saturated carbocycles. The van der Waals surface area contributed by atoms with E-state index in [1.54, 1.807) is 0 Å². The molecule has 0 rings (SSSR count). The quantitative estimate of drug-likeness (QED) is 0.547. The highest BCUT2D eigenvalue weighted by Gasteiger charge is 1.99. The first kappa shape index (κ1) is 16.4. The highest BCUT2D eigenvalue weighted by molar-refractivity contribution is 5.75. The number of hydrogen-bond donors (Lipinski definition) is 2. The second-order valence-electron chi connectivity index (χ2n) is 5.19. The Kier molecular flexibility index (Phi) is 11.5. The molecule has 17 heavy (non-hydrogen) atoms. The van der Waals surface area contributed by atoms with Gasteiger partial charge < -0.3 is 11.1 Å². The topological polar surface area (TPSA) is 55.1 Å². The molecule has 0 unspecified atom stereocenters. The zero-order valence-corrected chi connectivity index (χ0v) is 11.6. The minimum absolute atomic E-state index is 0.181. The molecule has 3 nitrogen and oxygen atoms in total. The first-order valence-corrected chi connectivity index (χ1v) is 7.13. The number of unbranched alkanes of at least 4 members (excludes halogenated alkanes) is 4. The summed E-state index contributed by atoms with van der Waals surface area (Å²) in [7, 11) is 0. The van der Waals surface area contributed by atoms with Crippen LogP contribution < -0.4 is 11.1 Å². The number of nitrogens with two attached hydrogens (primary N) is 1. The van der Waals surface area contributed by atoms with Gasteiger partial charge in [0.2, 0.25) is 5.91 Å². The van der Waals surface area contributed by atoms with Crippen molar-refractivity contribution in [3.63, 3.8) is 0 Å². The summed E-state index contributed by atoms with van der Waals surface area (Å²) in [5, 5.41) is 2.96. The predicted octanol–water partition coefficient (Wildman–Crippen LogP) is 2.84. The van der Waals surface area contributed by atoms with Gasteiger partial charge in [-0.2, -0.15) is 0 Å².